The molecule has 1 aromatic carbocycles. The first-order valence-corrected chi connectivity index (χ1v) is 6.75. The van der Waals surface area contributed by atoms with Gasteiger partial charge in [0.1, 0.15) is 0 Å². The van der Waals surface area contributed by atoms with Crippen LogP contribution in [0.25, 0.3) is 0 Å². The zero-order valence-electron chi connectivity index (χ0n) is 8.91. The van der Waals surface area contributed by atoms with Crippen LogP contribution in [0.5, 0.6) is 0 Å². The maximum absolute atomic E-state index is 11.1. The molecule has 2 rings (SSSR count). The van der Waals surface area contributed by atoms with Crippen LogP contribution in [0, 0.1) is 0 Å². The molecule has 0 aromatic heterocycles. The SMILES string of the molecule is O=S(=O)(O)N1CCC[C@H]1Cc1ccccc1. The first kappa shape index (κ1) is 11.6. The number of nitrogens with zero attached hydrogens (tertiary/aromatic N) is 1. The van der Waals surface area contributed by atoms with Crippen molar-refractivity contribution < 1.29 is 13.0 Å². The molecule has 1 aliphatic heterocycles. The molecule has 0 unspecified atom stereocenters. The fraction of sp³-hybridized carbons (Fsp3) is 0.455. The average Bonchev–Trinajstić information content (AvgIpc) is 2.67. The maximum atomic E-state index is 11.1. The summed E-state index contributed by atoms with van der Waals surface area (Å²) in [5.41, 5.74) is 1.10. The van der Waals surface area contributed by atoms with Gasteiger partial charge in [0.2, 0.25) is 0 Å². The highest BCUT2D eigenvalue weighted by atomic mass is 32.2. The Morgan fingerprint density at radius 1 is 1.31 bits per heavy atom. The summed E-state index contributed by atoms with van der Waals surface area (Å²) >= 11 is 0. The van der Waals surface area contributed by atoms with E-state index in [4.69, 9.17) is 4.55 Å². The second-order valence-corrected chi connectivity index (χ2v) is 5.44. The van der Waals surface area contributed by atoms with Crippen LogP contribution >= 0.6 is 0 Å². The highest BCUT2D eigenvalue weighted by Crippen LogP contribution is 2.23. The third-order valence-electron chi connectivity index (χ3n) is 2.93. The van der Waals surface area contributed by atoms with Crippen LogP contribution in [0.4, 0.5) is 0 Å². The monoisotopic (exact) mass is 241 g/mol. The van der Waals surface area contributed by atoms with Gasteiger partial charge in [0.15, 0.2) is 0 Å². The van der Waals surface area contributed by atoms with E-state index in [2.05, 4.69) is 0 Å². The van der Waals surface area contributed by atoms with Gasteiger partial charge in [-0.2, -0.15) is 12.7 Å². The number of rotatable bonds is 3. The molecule has 1 fully saturated rings. The van der Waals surface area contributed by atoms with Gasteiger partial charge in [-0.1, -0.05) is 30.3 Å². The molecule has 1 aliphatic rings. The lowest BCUT2D eigenvalue weighted by Gasteiger charge is -2.20. The molecular weight excluding hydrogens is 226 g/mol. The first-order valence-electron chi connectivity index (χ1n) is 5.35. The summed E-state index contributed by atoms with van der Waals surface area (Å²) in [6.45, 7) is 0.427. The van der Waals surface area contributed by atoms with Gasteiger partial charge in [-0.25, -0.2) is 0 Å². The lowest BCUT2D eigenvalue weighted by atomic mass is 10.1. The summed E-state index contributed by atoms with van der Waals surface area (Å²) in [7, 11) is -4.04. The topological polar surface area (TPSA) is 57.6 Å². The van der Waals surface area contributed by atoms with Crippen LogP contribution in [-0.2, 0) is 16.7 Å². The molecule has 0 radical (unpaired) electrons. The second kappa shape index (κ2) is 4.53. The molecular formula is C11H15NO3S. The fourth-order valence-electron chi connectivity index (χ4n) is 2.20. The van der Waals surface area contributed by atoms with E-state index >= 15 is 0 Å². The van der Waals surface area contributed by atoms with Gasteiger partial charge in [0, 0.05) is 12.6 Å². The van der Waals surface area contributed by atoms with Crippen molar-refractivity contribution in [1.82, 2.24) is 4.31 Å². The van der Waals surface area contributed by atoms with Crippen molar-refractivity contribution in [2.24, 2.45) is 0 Å². The lowest BCUT2D eigenvalue weighted by molar-refractivity contribution is 0.334. The molecule has 0 aliphatic carbocycles. The van der Waals surface area contributed by atoms with Crippen LogP contribution in [0.15, 0.2) is 30.3 Å². The van der Waals surface area contributed by atoms with Gasteiger partial charge in [-0.05, 0) is 24.8 Å². The van der Waals surface area contributed by atoms with Crippen molar-refractivity contribution in [3.8, 4) is 0 Å². The van der Waals surface area contributed by atoms with Gasteiger partial charge < -0.3 is 0 Å². The summed E-state index contributed by atoms with van der Waals surface area (Å²) in [5.74, 6) is 0. The summed E-state index contributed by atoms with van der Waals surface area (Å²) in [5, 5.41) is 0. The van der Waals surface area contributed by atoms with E-state index in [0.29, 0.717) is 13.0 Å². The third kappa shape index (κ3) is 2.61. The molecule has 1 saturated heterocycles. The molecule has 1 N–H and O–H groups in total. The molecule has 0 amide bonds. The molecule has 88 valence electrons. The van der Waals surface area contributed by atoms with E-state index in [9.17, 15) is 8.42 Å². The van der Waals surface area contributed by atoms with Crippen LogP contribution in [0.2, 0.25) is 0 Å². The number of hydrogen-bond donors (Lipinski definition) is 1. The Labute approximate surface area is 95.8 Å². The smallest absolute Gasteiger partial charge is 0.273 e. The van der Waals surface area contributed by atoms with Crippen LogP contribution in [0.1, 0.15) is 18.4 Å². The van der Waals surface area contributed by atoms with Crippen LogP contribution in [0.3, 0.4) is 0 Å². The van der Waals surface area contributed by atoms with E-state index < -0.39 is 10.3 Å². The minimum absolute atomic E-state index is 0.0996. The zero-order chi connectivity index (χ0) is 11.6. The predicted molar refractivity (Wildman–Crippen MR) is 61.4 cm³/mol. The maximum Gasteiger partial charge on any atom is 0.336 e. The normalized spacial score (nSPS) is 22.4. The van der Waals surface area contributed by atoms with E-state index in [1.807, 2.05) is 30.3 Å². The Morgan fingerprint density at radius 3 is 2.62 bits per heavy atom. The number of hydrogen-bond acceptors (Lipinski definition) is 2. The molecule has 16 heavy (non-hydrogen) atoms. The Morgan fingerprint density at radius 2 is 2.00 bits per heavy atom. The lowest BCUT2D eigenvalue weighted by Crippen LogP contribution is -2.36. The molecule has 5 heteroatoms. The highest BCUT2D eigenvalue weighted by molar-refractivity contribution is 7.83. The van der Waals surface area contributed by atoms with Gasteiger partial charge in [0.05, 0.1) is 0 Å². The summed E-state index contributed by atoms with van der Waals surface area (Å²) < 4.78 is 32.5. The van der Waals surface area contributed by atoms with Crippen molar-refractivity contribution in [2.75, 3.05) is 6.54 Å². The van der Waals surface area contributed by atoms with Crippen molar-refractivity contribution >= 4 is 10.3 Å². The molecule has 1 atom stereocenters. The second-order valence-electron chi connectivity index (χ2n) is 4.07. The van der Waals surface area contributed by atoms with E-state index in [-0.39, 0.29) is 6.04 Å². The Kier molecular flexibility index (Phi) is 3.28. The molecule has 1 aromatic rings. The molecule has 1 heterocycles. The predicted octanol–water partition coefficient (Wildman–Crippen LogP) is 1.50. The quantitative estimate of drug-likeness (QED) is 0.816. The standard InChI is InChI=1S/C11H15NO3S/c13-16(14,15)12-8-4-7-11(12)9-10-5-2-1-3-6-10/h1-3,5-6,11H,4,7-9H2,(H,13,14,15)/t11-/m0/s1. The van der Waals surface area contributed by atoms with Crippen molar-refractivity contribution in [3.05, 3.63) is 35.9 Å². The van der Waals surface area contributed by atoms with Gasteiger partial charge in [0.25, 0.3) is 0 Å². The summed E-state index contributed by atoms with van der Waals surface area (Å²) in [4.78, 5) is 0. The van der Waals surface area contributed by atoms with Crippen LogP contribution in [-0.4, -0.2) is 29.9 Å². The largest absolute Gasteiger partial charge is 0.336 e. The zero-order valence-corrected chi connectivity index (χ0v) is 9.73. The summed E-state index contributed by atoms with van der Waals surface area (Å²) in [6.07, 6.45) is 2.30. The van der Waals surface area contributed by atoms with E-state index in [1.54, 1.807) is 0 Å². The number of benzene rings is 1. The Balaban J connectivity index is 2.11. The summed E-state index contributed by atoms with van der Waals surface area (Å²) in [6, 6.07) is 9.64. The van der Waals surface area contributed by atoms with Crippen LogP contribution < -0.4 is 0 Å². The molecule has 4 nitrogen and oxygen atoms in total. The fourth-order valence-corrected chi connectivity index (χ4v) is 3.12. The minimum Gasteiger partial charge on any atom is -0.273 e. The molecule has 0 bridgehead atoms. The van der Waals surface area contributed by atoms with Gasteiger partial charge in [-0.3, -0.25) is 4.55 Å². The highest BCUT2D eigenvalue weighted by Gasteiger charge is 2.32. The van der Waals surface area contributed by atoms with E-state index in [0.717, 1.165) is 18.4 Å². The van der Waals surface area contributed by atoms with Crippen molar-refractivity contribution in [2.45, 2.75) is 25.3 Å². The first-order chi connectivity index (χ1) is 7.57. The van der Waals surface area contributed by atoms with Gasteiger partial charge >= 0.3 is 10.3 Å². The average molecular weight is 241 g/mol. The van der Waals surface area contributed by atoms with Gasteiger partial charge in [-0.15, -0.1) is 0 Å². The molecule has 0 saturated carbocycles. The minimum atomic E-state index is -4.04. The third-order valence-corrected chi connectivity index (χ3v) is 4.01. The van der Waals surface area contributed by atoms with Crippen molar-refractivity contribution in [1.29, 1.82) is 0 Å². The molecule has 0 spiro atoms. The van der Waals surface area contributed by atoms with E-state index in [1.165, 1.54) is 4.31 Å². The Hall–Kier alpha value is -0.910. The van der Waals surface area contributed by atoms with Crippen molar-refractivity contribution in [3.63, 3.8) is 0 Å². The Bertz CT molecular complexity index is 444.